The van der Waals surface area contributed by atoms with E-state index in [9.17, 15) is 0 Å². The number of pyridine rings is 1. The molecule has 4 aromatic rings. The Labute approximate surface area is 140 Å². The number of nitrogens with zero attached hydrogens (tertiary/aromatic N) is 3. The second-order valence-electron chi connectivity index (χ2n) is 5.49. The summed E-state index contributed by atoms with van der Waals surface area (Å²) in [5, 5.41) is 3.35. The Kier molecular flexibility index (Phi) is 3.86. The average molecular weight is 312 g/mol. The van der Waals surface area contributed by atoms with E-state index in [1.165, 1.54) is 5.56 Å². The third kappa shape index (κ3) is 2.94. The molecule has 0 amide bonds. The summed E-state index contributed by atoms with van der Waals surface area (Å²) in [6, 6.07) is 22.2. The lowest BCUT2D eigenvalue weighted by atomic mass is 10.1. The normalized spacial score (nSPS) is 10.7. The van der Waals surface area contributed by atoms with Crippen molar-refractivity contribution < 1.29 is 0 Å². The summed E-state index contributed by atoms with van der Waals surface area (Å²) in [5.74, 6) is 0.753. The largest absolute Gasteiger partial charge is 0.364 e. The number of benzene rings is 2. The Hall–Kier alpha value is -3.27. The summed E-state index contributed by atoms with van der Waals surface area (Å²) in [5.41, 5.74) is 4.74. The highest BCUT2D eigenvalue weighted by atomic mass is 15.0. The molecule has 4 heteroatoms. The lowest BCUT2D eigenvalue weighted by Gasteiger charge is -2.09. The highest BCUT2D eigenvalue weighted by Gasteiger charge is 2.07. The maximum Gasteiger partial charge on any atom is 0.154 e. The highest BCUT2D eigenvalue weighted by molar-refractivity contribution is 5.86. The van der Waals surface area contributed by atoms with Crippen molar-refractivity contribution in [1.82, 2.24) is 15.0 Å². The maximum atomic E-state index is 4.72. The van der Waals surface area contributed by atoms with E-state index in [1.807, 2.05) is 54.6 Å². The molecule has 0 aliphatic heterocycles. The molecule has 0 saturated heterocycles. The van der Waals surface area contributed by atoms with Gasteiger partial charge in [-0.25, -0.2) is 15.0 Å². The minimum atomic E-state index is 0.703. The van der Waals surface area contributed by atoms with Crippen molar-refractivity contribution in [3.8, 4) is 11.3 Å². The van der Waals surface area contributed by atoms with Crippen LogP contribution in [-0.4, -0.2) is 15.0 Å². The SMILES string of the molecule is c1ccc(CNc2nccc3nc(-c4ccccc4)cnc23)cc1. The van der Waals surface area contributed by atoms with Crippen molar-refractivity contribution in [1.29, 1.82) is 0 Å². The van der Waals surface area contributed by atoms with Crippen LogP contribution in [0.15, 0.2) is 79.1 Å². The van der Waals surface area contributed by atoms with Gasteiger partial charge in [-0.1, -0.05) is 60.7 Å². The molecule has 0 aliphatic carbocycles. The van der Waals surface area contributed by atoms with Crippen LogP contribution >= 0.6 is 0 Å². The second kappa shape index (κ2) is 6.46. The van der Waals surface area contributed by atoms with E-state index < -0.39 is 0 Å². The fourth-order valence-electron chi connectivity index (χ4n) is 2.60. The van der Waals surface area contributed by atoms with E-state index in [0.717, 1.165) is 28.1 Å². The molecule has 4 nitrogen and oxygen atoms in total. The van der Waals surface area contributed by atoms with Crippen LogP contribution in [-0.2, 0) is 6.54 Å². The number of hydrogen-bond acceptors (Lipinski definition) is 4. The van der Waals surface area contributed by atoms with Gasteiger partial charge in [-0.3, -0.25) is 0 Å². The lowest BCUT2D eigenvalue weighted by molar-refractivity contribution is 1.11. The predicted octanol–water partition coefficient (Wildman–Crippen LogP) is 4.30. The molecule has 116 valence electrons. The van der Waals surface area contributed by atoms with Gasteiger partial charge in [-0.2, -0.15) is 0 Å². The quantitative estimate of drug-likeness (QED) is 0.610. The fraction of sp³-hybridized carbons (Fsp3) is 0.0500. The Balaban J connectivity index is 1.65. The monoisotopic (exact) mass is 312 g/mol. The van der Waals surface area contributed by atoms with Gasteiger partial charge in [0, 0.05) is 18.3 Å². The van der Waals surface area contributed by atoms with E-state index in [0.29, 0.717) is 6.54 Å². The van der Waals surface area contributed by atoms with E-state index in [-0.39, 0.29) is 0 Å². The molecule has 0 atom stereocenters. The first-order chi connectivity index (χ1) is 11.9. The van der Waals surface area contributed by atoms with Gasteiger partial charge in [0.05, 0.1) is 17.4 Å². The van der Waals surface area contributed by atoms with E-state index >= 15 is 0 Å². The first-order valence-electron chi connectivity index (χ1n) is 7.85. The Bertz CT molecular complexity index is 953. The summed E-state index contributed by atoms with van der Waals surface area (Å²) in [7, 11) is 0. The van der Waals surface area contributed by atoms with Crippen LogP contribution in [0.1, 0.15) is 5.56 Å². The van der Waals surface area contributed by atoms with Crippen LogP contribution in [0.25, 0.3) is 22.3 Å². The third-order valence-corrected chi connectivity index (χ3v) is 3.83. The van der Waals surface area contributed by atoms with Gasteiger partial charge in [0.25, 0.3) is 0 Å². The first-order valence-corrected chi connectivity index (χ1v) is 7.85. The molecule has 1 N–H and O–H groups in total. The van der Waals surface area contributed by atoms with Gasteiger partial charge in [-0.15, -0.1) is 0 Å². The summed E-state index contributed by atoms with van der Waals surface area (Å²) >= 11 is 0. The van der Waals surface area contributed by atoms with Crippen LogP contribution in [0.3, 0.4) is 0 Å². The number of rotatable bonds is 4. The highest BCUT2D eigenvalue weighted by Crippen LogP contribution is 2.22. The zero-order valence-electron chi connectivity index (χ0n) is 13.1. The van der Waals surface area contributed by atoms with Crippen molar-refractivity contribution in [2.75, 3.05) is 5.32 Å². The molecular weight excluding hydrogens is 296 g/mol. The van der Waals surface area contributed by atoms with Gasteiger partial charge < -0.3 is 5.32 Å². The van der Waals surface area contributed by atoms with Crippen LogP contribution in [0.4, 0.5) is 5.82 Å². The van der Waals surface area contributed by atoms with Crippen molar-refractivity contribution in [2.45, 2.75) is 6.54 Å². The average Bonchev–Trinajstić information content (AvgIpc) is 2.67. The van der Waals surface area contributed by atoms with Crippen molar-refractivity contribution in [3.05, 3.63) is 84.7 Å². The lowest BCUT2D eigenvalue weighted by Crippen LogP contribution is -2.03. The standard InChI is InChI=1S/C20H16N4/c1-3-7-15(8-4-1)13-23-20-19-17(11-12-21-20)24-18(14-22-19)16-9-5-2-6-10-16/h1-12,14H,13H2,(H,21,23). The molecule has 0 spiro atoms. The second-order valence-corrected chi connectivity index (χ2v) is 5.49. The predicted molar refractivity (Wildman–Crippen MR) is 96.5 cm³/mol. The molecule has 0 saturated carbocycles. The van der Waals surface area contributed by atoms with Gasteiger partial charge in [0.1, 0.15) is 5.52 Å². The molecule has 24 heavy (non-hydrogen) atoms. The maximum absolute atomic E-state index is 4.72. The van der Waals surface area contributed by atoms with Gasteiger partial charge in [0.15, 0.2) is 5.82 Å². The number of hydrogen-bond donors (Lipinski definition) is 1. The minimum absolute atomic E-state index is 0.703. The Morgan fingerprint density at radius 2 is 1.54 bits per heavy atom. The topological polar surface area (TPSA) is 50.7 Å². The van der Waals surface area contributed by atoms with Crippen molar-refractivity contribution >= 4 is 16.9 Å². The summed E-state index contributed by atoms with van der Waals surface area (Å²) in [6.07, 6.45) is 3.56. The smallest absolute Gasteiger partial charge is 0.154 e. The molecular formula is C20H16N4. The first kappa shape index (κ1) is 14.3. The molecule has 2 aromatic heterocycles. The number of anilines is 1. The van der Waals surface area contributed by atoms with Gasteiger partial charge >= 0.3 is 0 Å². The van der Waals surface area contributed by atoms with Gasteiger partial charge in [-0.05, 0) is 11.6 Å². The molecule has 0 radical (unpaired) electrons. The zero-order chi connectivity index (χ0) is 16.2. The molecule has 0 fully saturated rings. The van der Waals surface area contributed by atoms with E-state index in [4.69, 9.17) is 4.98 Å². The summed E-state index contributed by atoms with van der Waals surface area (Å²) in [4.78, 5) is 13.7. The van der Waals surface area contributed by atoms with Gasteiger partial charge in [0.2, 0.25) is 0 Å². The van der Waals surface area contributed by atoms with Crippen LogP contribution in [0.5, 0.6) is 0 Å². The fourth-order valence-corrected chi connectivity index (χ4v) is 2.60. The number of aromatic nitrogens is 3. The summed E-state index contributed by atoms with van der Waals surface area (Å²) < 4.78 is 0. The van der Waals surface area contributed by atoms with Crippen LogP contribution in [0, 0.1) is 0 Å². The third-order valence-electron chi connectivity index (χ3n) is 3.83. The molecule has 2 heterocycles. The Morgan fingerprint density at radius 1 is 0.792 bits per heavy atom. The van der Waals surface area contributed by atoms with Crippen molar-refractivity contribution in [2.24, 2.45) is 0 Å². The molecule has 4 rings (SSSR count). The Morgan fingerprint density at radius 3 is 2.33 bits per heavy atom. The summed E-state index contributed by atoms with van der Waals surface area (Å²) in [6.45, 7) is 0.703. The van der Waals surface area contributed by atoms with Crippen molar-refractivity contribution in [3.63, 3.8) is 0 Å². The van der Waals surface area contributed by atoms with Crippen LogP contribution in [0.2, 0.25) is 0 Å². The van der Waals surface area contributed by atoms with Crippen LogP contribution < -0.4 is 5.32 Å². The zero-order valence-corrected chi connectivity index (χ0v) is 13.1. The molecule has 2 aromatic carbocycles. The molecule has 0 bridgehead atoms. The number of fused-ring (bicyclic) bond motifs is 1. The van der Waals surface area contributed by atoms with E-state index in [2.05, 4.69) is 27.4 Å². The molecule has 0 unspecified atom stereocenters. The molecule has 0 aliphatic rings. The van der Waals surface area contributed by atoms with E-state index in [1.54, 1.807) is 12.4 Å². The minimum Gasteiger partial charge on any atom is -0.364 e. The number of nitrogens with one attached hydrogen (secondary N) is 1.